The van der Waals surface area contributed by atoms with Crippen molar-refractivity contribution < 1.29 is 5.11 Å². The van der Waals surface area contributed by atoms with Gasteiger partial charge in [-0.1, -0.05) is 26.7 Å². The van der Waals surface area contributed by atoms with E-state index in [-0.39, 0.29) is 5.92 Å². The third kappa shape index (κ3) is 3.23. The lowest BCUT2D eigenvalue weighted by Gasteiger charge is -2.27. The molecule has 0 bridgehead atoms. The molecule has 0 rings (SSSR count). The lowest BCUT2D eigenvalue weighted by Crippen LogP contribution is -2.33. The molecule has 1 N–H and O–H groups in total. The summed E-state index contributed by atoms with van der Waals surface area (Å²) in [6.45, 7) is 5.82. The van der Waals surface area contributed by atoms with Gasteiger partial charge in [-0.15, -0.1) is 0 Å². The van der Waals surface area contributed by atoms with E-state index >= 15 is 0 Å². The number of nitrogens with zero attached hydrogens (tertiary/aromatic N) is 1. The van der Waals surface area contributed by atoms with Gasteiger partial charge in [-0.05, 0) is 19.8 Å². The number of rotatable bonds is 5. The van der Waals surface area contributed by atoms with Crippen molar-refractivity contribution in [3.8, 4) is 6.07 Å². The summed E-state index contributed by atoms with van der Waals surface area (Å²) in [6, 6.07) is 2.18. The molecular weight excluding hydrogens is 150 g/mol. The van der Waals surface area contributed by atoms with Crippen LogP contribution in [0.5, 0.6) is 0 Å². The first-order chi connectivity index (χ1) is 5.58. The van der Waals surface area contributed by atoms with Gasteiger partial charge in [-0.2, -0.15) is 5.26 Å². The van der Waals surface area contributed by atoms with Gasteiger partial charge in [0.1, 0.15) is 0 Å². The number of hydrogen-bond donors (Lipinski definition) is 1. The predicted molar refractivity (Wildman–Crippen MR) is 49.5 cm³/mol. The normalized spacial score (nSPS) is 17.9. The van der Waals surface area contributed by atoms with Crippen molar-refractivity contribution in [3.05, 3.63) is 0 Å². The summed E-state index contributed by atoms with van der Waals surface area (Å²) in [5, 5.41) is 18.7. The van der Waals surface area contributed by atoms with E-state index in [0.29, 0.717) is 6.42 Å². The summed E-state index contributed by atoms with van der Waals surface area (Å²) >= 11 is 0. The Morgan fingerprint density at radius 2 is 2.00 bits per heavy atom. The van der Waals surface area contributed by atoms with Gasteiger partial charge in [0.25, 0.3) is 0 Å². The van der Waals surface area contributed by atoms with Crippen molar-refractivity contribution in [1.29, 1.82) is 5.26 Å². The molecule has 2 nitrogen and oxygen atoms in total. The van der Waals surface area contributed by atoms with Crippen molar-refractivity contribution in [2.45, 2.75) is 52.1 Å². The van der Waals surface area contributed by atoms with Gasteiger partial charge in [-0.3, -0.25) is 0 Å². The second kappa shape index (κ2) is 5.16. The van der Waals surface area contributed by atoms with Crippen LogP contribution in [0, 0.1) is 17.2 Å². The fourth-order valence-electron chi connectivity index (χ4n) is 1.48. The van der Waals surface area contributed by atoms with E-state index < -0.39 is 5.60 Å². The van der Waals surface area contributed by atoms with Crippen LogP contribution in [0.15, 0.2) is 0 Å². The van der Waals surface area contributed by atoms with E-state index in [4.69, 9.17) is 5.26 Å². The molecule has 0 saturated heterocycles. The van der Waals surface area contributed by atoms with Crippen molar-refractivity contribution in [2.24, 2.45) is 5.92 Å². The van der Waals surface area contributed by atoms with Crippen LogP contribution in [0.2, 0.25) is 0 Å². The Morgan fingerprint density at radius 3 is 2.33 bits per heavy atom. The van der Waals surface area contributed by atoms with Gasteiger partial charge >= 0.3 is 0 Å². The van der Waals surface area contributed by atoms with Crippen molar-refractivity contribution in [1.82, 2.24) is 0 Å². The highest BCUT2D eigenvalue weighted by molar-refractivity contribution is 4.95. The molecule has 2 atom stereocenters. The third-order valence-electron chi connectivity index (χ3n) is 2.24. The predicted octanol–water partition coefficient (Wildman–Crippen LogP) is 2.48. The number of hydrogen-bond acceptors (Lipinski definition) is 2. The van der Waals surface area contributed by atoms with E-state index in [1.54, 1.807) is 6.92 Å². The monoisotopic (exact) mass is 169 g/mol. The Labute approximate surface area is 75.2 Å². The maximum absolute atomic E-state index is 9.88. The molecule has 2 heteroatoms. The number of nitriles is 1. The average Bonchev–Trinajstić information content (AvgIpc) is 1.99. The maximum atomic E-state index is 9.88. The highest BCUT2D eigenvalue weighted by Gasteiger charge is 2.29. The zero-order valence-corrected chi connectivity index (χ0v) is 8.30. The largest absolute Gasteiger partial charge is 0.389 e. The van der Waals surface area contributed by atoms with Crippen LogP contribution < -0.4 is 0 Å². The van der Waals surface area contributed by atoms with Gasteiger partial charge in [0, 0.05) is 0 Å². The Balaban J connectivity index is 4.17. The highest BCUT2D eigenvalue weighted by atomic mass is 16.3. The Bertz CT molecular complexity index is 158. The molecule has 70 valence electrons. The van der Waals surface area contributed by atoms with Gasteiger partial charge in [0.2, 0.25) is 0 Å². The molecule has 0 radical (unpaired) electrons. The molecule has 0 aromatic rings. The zero-order valence-electron chi connectivity index (χ0n) is 8.30. The zero-order chi connectivity index (χ0) is 9.61. The van der Waals surface area contributed by atoms with Crippen molar-refractivity contribution in [2.75, 3.05) is 0 Å². The van der Waals surface area contributed by atoms with Gasteiger partial charge in [-0.25, -0.2) is 0 Å². The summed E-state index contributed by atoms with van der Waals surface area (Å²) in [7, 11) is 0. The van der Waals surface area contributed by atoms with Crippen LogP contribution in [-0.4, -0.2) is 10.7 Å². The van der Waals surface area contributed by atoms with Crippen LogP contribution >= 0.6 is 0 Å². The summed E-state index contributed by atoms with van der Waals surface area (Å²) < 4.78 is 0. The standard InChI is InChI=1S/C10H19NO/c1-4-6-9(8-11)10(3,12)7-5-2/h9,12H,4-7H2,1-3H3. The maximum Gasteiger partial charge on any atom is 0.0777 e. The van der Waals surface area contributed by atoms with E-state index in [1.165, 1.54) is 0 Å². The van der Waals surface area contributed by atoms with Crippen LogP contribution in [0.25, 0.3) is 0 Å². The van der Waals surface area contributed by atoms with Crippen LogP contribution in [0.3, 0.4) is 0 Å². The minimum atomic E-state index is -0.792. The second-order valence-corrected chi connectivity index (χ2v) is 3.58. The lowest BCUT2D eigenvalue weighted by molar-refractivity contribution is 0.00861. The molecule has 12 heavy (non-hydrogen) atoms. The molecule has 0 amide bonds. The lowest BCUT2D eigenvalue weighted by atomic mass is 9.83. The van der Waals surface area contributed by atoms with Crippen LogP contribution in [0.1, 0.15) is 46.5 Å². The fourth-order valence-corrected chi connectivity index (χ4v) is 1.48. The van der Waals surface area contributed by atoms with Crippen LogP contribution in [-0.2, 0) is 0 Å². The first-order valence-corrected chi connectivity index (χ1v) is 4.70. The number of aliphatic hydroxyl groups is 1. The van der Waals surface area contributed by atoms with E-state index in [0.717, 1.165) is 19.3 Å². The fraction of sp³-hybridized carbons (Fsp3) is 0.900. The van der Waals surface area contributed by atoms with E-state index in [2.05, 4.69) is 6.07 Å². The van der Waals surface area contributed by atoms with Crippen LogP contribution in [0.4, 0.5) is 0 Å². The molecule has 0 spiro atoms. The topological polar surface area (TPSA) is 44.0 Å². The molecule has 0 aromatic heterocycles. The molecule has 0 aromatic carbocycles. The minimum Gasteiger partial charge on any atom is -0.389 e. The molecule has 2 unspecified atom stereocenters. The van der Waals surface area contributed by atoms with E-state index in [1.807, 2.05) is 13.8 Å². The first-order valence-electron chi connectivity index (χ1n) is 4.70. The summed E-state index contributed by atoms with van der Waals surface area (Å²) in [4.78, 5) is 0. The van der Waals surface area contributed by atoms with Gasteiger partial charge in [0.15, 0.2) is 0 Å². The Hall–Kier alpha value is -0.550. The highest BCUT2D eigenvalue weighted by Crippen LogP contribution is 2.25. The molecule has 0 aliphatic heterocycles. The molecule has 0 heterocycles. The quantitative estimate of drug-likeness (QED) is 0.687. The molecule has 0 saturated carbocycles. The third-order valence-corrected chi connectivity index (χ3v) is 2.24. The van der Waals surface area contributed by atoms with Crippen molar-refractivity contribution in [3.63, 3.8) is 0 Å². The first kappa shape index (κ1) is 11.4. The van der Waals surface area contributed by atoms with Gasteiger partial charge in [0.05, 0.1) is 17.6 Å². The Kier molecular flexibility index (Phi) is 4.92. The molecule has 0 aliphatic carbocycles. The molecule has 0 aliphatic rings. The smallest absolute Gasteiger partial charge is 0.0777 e. The summed E-state index contributed by atoms with van der Waals surface area (Å²) in [6.07, 6.45) is 3.39. The average molecular weight is 169 g/mol. The van der Waals surface area contributed by atoms with Crippen molar-refractivity contribution >= 4 is 0 Å². The summed E-state index contributed by atoms with van der Waals surface area (Å²) in [5.74, 6) is -0.206. The molecular formula is C10H19NO. The second-order valence-electron chi connectivity index (χ2n) is 3.58. The Morgan fingerprint density at radius 1 is 1.42 bits per heavy atom. The molecule has 0 fully saturated rings. The van der Waals surface area contributed by atoms with Gasteiger partial charge < -0.3 is 5.11 Å². The summed E-state index contributed by atoms with van der Waals surface area (Å²) in [5.41, 5.74) is -0.792. The minimum absolute atomic E-state index is 0.206. The van der Waals surface area contributed by atoms with E-state index in [9.17, 15) is 5.11 Å². The SMILES string of the molecule is CCCC(C#N)C(C)(O)CCC.